The topological polar surface area (TPSA) is 62.3 Å². The molecule has 0 bridgehead atoms. The Morgan fingerprint density at radius 2 is 2.12 bits per heavy atom. The zero-order valence-corrected chi connectivity index (χ0v) is 15.6. The van der Waals surface area contributed by atoms with E-state index in [9.17, 15) is 9.59 Å². The second kappa shape index (κ2) is 7.25. The van der Waals surface area contributed by atoms with Gasteiger partial charge in [0.05, 0.1) is 17.1 Å². The number of likely N-dealkylation sites (tertiary alicyclic amines) is 1. The van der Waals surface area contributed by atoms with Crippen LogP contribution in [0.1, 0.15) is 37.8 Å². The first-order valence-electron chi connectivity index (χ1n) is 8.79. The van der Waals surface area contributed by atoms with Crippen molar-refractivity contribution in [1.82, 2.24) is 15.2 Å². The van der Waals surface area contributed by atoms with Gasteiger partial charge in [0.25, 0.3) is 0 Å². The highest BCUT2D eigenvalue weighted by atomic mass is 32.1. The lowest BCUT2D eigenvalue weighted by atomic mass is 9.84. The van der Waals surface area contributed by atoms with Crippen molar-refractivity contribution in [3.05, 3.63) is 28.6 Å². The van der Waals surface area contributed by atoms with Crippen LogP contribution in [-0.4, -0.2) is 34.3 Å². The maximum Gasteiger partial charge on any atom is 0.243 e. The number of rotatable bonds is 5. The van der Waals surface area contributed by atoms with Crippen LogP contribution in [-0.2, 0) is 16.1 Å². The molecule has 0 radical (unpaired) electrons. The minimum atomic E-state index is -0.302. The summed E-state index contributed by atoms with van der Waals surface area (Å²) in [5.41, 5.74) is 0.872. The Morgan fingerprint density at radius 3 is 2.84 bits per heavy atom. The molecule has 1 saturated heterocycles. The molecule has 4 rings (SSSR count). The van der Waals surface area contributed by atoms with Crippen LogP contribution in [0.25, 0.3) is 9.88 Å². The molecule has 25 heavy (non-hydrogen) atoms. The molecule has 2 amide bonds. The van der Waals surface area contributed by atoms with Crippen LogP contribution in [0.2, 0.25) is 0 Å². The van der Waals surface area contributed by atoms with Crippen LogP contribution in [0, 0.1) is 5.92 Å². The highest BCUT2D eigenvalue weighted by Crippen LogP contribution is 2.31. The Hall–Kier alpha value is -1.73. The van der Waals surface area contributed by atoms with Gasteiger partial charge in [-0.1, -0.05) is 12.5 Å². The second-order valence-corrected chi connectivity index (χ2v) is 8.46. The smallest absolute Gasteiger partial charge is 0.243 e. The monoisotopic (exact) mass is 375 g/mol. The number of hydrogen-bond donors (Lipinski definition) is 1. The Kier molecular flexibility index (Phi) is 4.85. The molecule has 5 nitrogen and oxygen atoms in total. The van der Waals surface area contributed by atoms with Gasteiger partial charge in [-0.05, 0) is 37.1 Å². The van der Waals surface area contributed by atoms with E-state index in [1.807, 2.05) is 22.9 Å². The first kappa shape index (κ1) is 16.7. The molecule has 2 aromatic rings. The molecule has 1 aliphatic carbocycles. The molecular weight excluding hydrogens is 354 g/mol. The van der Waals surface area contributed by atoms with Crippen LogP contribution >= 0.6 is 22.7 Å². The van der Waals surface area contributed by atoms with Crippen molar-refractivity contribution >= 4 is 34.5 Å². The lowest BCUT2D eigenvalue weighted by molar-refractivity contribution is -0.143. The van der Waals surface area contributed by atoms with Gasteiger partial charge in [0.2, 0.25) is 11.8 Å². The van der Waals surface area contributed by atoms with Gasteiger partial charge in [0.15, 0.2) is 0 Å². The number of nitrogens with zero attached hydrogens (tertiary/aromatic N) is 2. The molecule has 1 saturated carbocycles. The van der Waals surface area contributed by atoms with E-state index in [0.29, 0.717) is 13.1 Å². The van der Waals surface area contributed by atoms with Gasteiger partial charge in [-0.2, -0.15) is 0 Å². The Morgan fingerprint density at radius 1 is 1.24 bits per heavy atom. The summed E-state index contributed by atoms with van der Waals surface area (Å²) >= 11 is 3.26. The summed E-state index contributed by atoms with van der Waals surface area (Å²) in [5.74, 6) is 0.286. The first-order chi connectivity index (χ1) is 12.2. The summed E-state index contributed by atoms with van der Waals surface area (Å²) < 4.78 is 0. The molecule has 7 heteroatoms. The van der Waals surface area contributed by atoms with Crippen molar-refractivity contribution < 1.29 is 9.59 Å². The van der Waals surface area contributed by atoms with Gasteiger partial charge in [-0.3, -0.25) is 9.59 Å². The van der Waals surface area contributed by atoms with Gasteiger partial charge in [-0.15, -0.1) is 22.7 Å². The molecule has 0 spiro atoms. The summed E-state index contributed by atoms with van der Waals surface area (Å²) in [4.78, 5) is 32.6. The van der Waals surface area contributed by atoms with Crippen molar-refractivity contribution in [2.75, 3.05) is 6.54 Å². The maximum absolute atomic E-state index is 12.6. The van der Waals surface area contributed by atoms with Gasteiger partial charge in [-0.25, -0.2) is 4.98 Å². The van der Waals surface area contributed by atoms with Crippen LogP contribution < -0.4 is 5.32 Å². The lowest BCUT2D eigenvalue weighted by Gasteiger charge is -2.32. The van der Waals surface area contributed by atoms with Crippen molar-refractivity contribution in [2.24, 2.45) is 5.92 Å². The normalized spacial score (nSPS) is 20.5. The third-order valence-electron chi connectivity index (χ3n) is 5.02. The third-order valence-corrected chi connectivity index (χ3v) is 6.95. The predicted octanol–water partition coefficient (Wildman–Crippen LogP) is 3.28. The molecule has 2 fully saturated rings. The molecule has 2 aliphatic rings. The highest BCUT2D eigenvalue weighted by Gasteiger charge is 2.38. The minimum absolute atomic E-state index is 0.0455. The van der Waals surface area contributed by atoms with E-state index in [-0.39, 0.29) is 23.8 Å². The van der Waals surface area contributed by atoms with Crippen LogP contribution in [0.4, 0.5) is 0 Å². The lowest BCUT2D eigenvalue weighted by Crippen LogP contribution is -2.48. The van der Waals surface area contributed by atoms with Gasteiger partial charge in [0, 0.05) is 17.8 Å². The number of amides is 2. The van der Waals surface area contributed by atoms with Crippen molar-refractivity contribution in [2.45, 2.75) is 44.7 Å². The Balaban J connectivity index is 1.34. The molecule has 1 N–H and O–H groups in total. The summed E-state index contributed by atoms with van der Waals surface area (Å²) in [7, 11) is 0. The van der Waals surface area contributed by atoms with E-state index >= 15 is 0 Å². The first-order valence-corrected chi connectivity index (χ1v) is 10.5. The van der Waals surface area contributed by atoms with E-state index in [4.69, 9.17) is 0 Å². The number of hydrogen-bond acceptors (Lipinski definition) is 5. The number of nitrogens with one attached hydrogen (secondary N) is 1. The Bertz CT molecular complexity index is 752. The standard InChI is InChI=1S/C18H21N3O2S2/c22-16(14-6-2-8-21(14)18(23)12-4-1-5-12)19-10-13-11-25-17(20-13)15-7-3-9-24-15/h3,7,9,11-12,14H,1-2,4-6,8,10H2,(H,19,22). The number of thiazole rings is 1. The largest absolute Gasteiger partial charge is 0.349 e. The summed E-state index contributed by atoms with van der Waals surface area (Å²) in [5, 5.41) is 7.98. The van der Waals surface area contributed by atoms with Gasteiger partial charge < -0.3 is 10.2 Å². The van der Waals surface area contributed by atoms with E-state index in [2.05, 4.69) is 10.3 Å². The zero-order valence-electron chi connectivity index (χ0n) is 13.9. The molecular formula is C18H21N3O2S2. The molecule has 0 aromatic carbocycles. The van der Waals surface area contributed by atoms with Crippen LogP contribution in [0.3, 0.4) is 0 Å². The second-order valence-electron chi connectivity index (χ2n) is 6.66. The third kappa shape index (κ3) is 3.48. The molecule has 1 aliphatic heterocycles. The average molecular weight is 376 g/mol. The van der Waals surface area contributed by atoms with Crippen molar-refractivity contribution in [3.63, 3.8) is 0 Å². The molecule has 132 valence electrons. The van der Waals surface area contributed by atoms with Crippen LogP contribution in [0.5, 0.6) is 0 Å². The van der Waals surface area contributed by atoms with Crippen LogP contribution in [0.15, 0.2) is 22.9 Å². The maximum atomic E-state index is 12.6. The van der Waals surface area contributed by atoms with Crippen molar-refractivity contribution in [3.8, 4) is 9.88 Å². The minimum Gasteiger partial charge on any atom is -0.349 e. The van der Waals surface area contributed by atoms with E-state index < -0.39 is 0 Å². The quantitative estimate of drug-likeness (QED) is 0.872. The van der Waals surface area contributed by atoms with Gasteiger partial charge in [0.1, 0.15) is 11.0 Å². The number of thiophene rings is 1. The van der Waals surface area contributed by atoms with Crippen molar-refractivity contribution in [1.29, 1.82) is 0 Å². The summed E-state index contributed by atoms with van der Waals surface area (Å²) in [6, 6.07) is 3.76. The fourth-order valence-corrected chi connectivity index (χ4v) is 5.02. The highest BCUT2D eigenvalue weighted by molar-refractivity contribution is 7.20. The predicted molar refractivity (Wildman–Crippen MR) is 99.3 cm³/mol. The van der Waals surface area contributed by atoms with E-state index in [1.165, 1.54) is 0 Å². The molecule has 1 unspecified atom stereocenters. The SMILES string of the molecule is O=C(NCc1csc(-c2cccs2)n1)C1CCCN1C(=O)C1CCC1. The molecule has 1 atom stereocenters. The van der Waals surface area contributed by atoms with E-state index in [0.717, 1.165) is 47.7 Å². The summed E-state index contributed by atoms with van der Waals surface area (Å²) in [6.07, 6.45) is 4.77. The average Bonchev–Trinajstić information content (AvgIpc) is 3.31. The fraction of sp³-hybridized carbons (Fsp3) is 0.500. The van der Waals surface area contributed by atoms with E-state index in [1.54, 1.807) is 27.6 Å². The number of carbonyl (C=O) groups excluding carboxylic acids is 2. The molecule has 3 heterocycles. The Labute approximate surface area is 155 Å². The number of carbonyl (C=O) groups is 2. The summed E-state index contributed by atoms with van der Waals surface area (Å²) in [6.45, 7) is 1.13. The fourth-order valence-electron chi connectivity index (χ4n) is 3.39. The zero-order chi connectivity index (χ0) is 17.2. The molecule has 2 aromatic heterocycles. The number of aromatic nitrogens is 1. The van der Waals surface area contributed by atoms with Gasteiger partial charge >= 0.3 is 0 Å².